The molecule has 2 aromatic carbocycles. The molecule has 5 heteroatoms. The van der Waals surface area contributed by atoms with Gasteiger partial charge >= 0.3 is 0 Å². The summed E-state index contributed by atoms with van der Waals surface area (Å²) >= 11 is 13.7. The van der Waals surface area contributed by atoms with Crippen molar-refractivity contribution in [3.63, 3.8) is 0 Å². The number of hydrogen-bond acceptors (Lipinski definition) is 2. The second-order valence-electron chi connectivity index (χ2n) is 4.25. The Morgan fingerprint density at radius 1 is 1.20 bits per heavy atom. The molecular weight excluding hydrogens is 316 g/mol. The standard InChI is InChI=1S/C15H14Cl2FNS/c1-19-14(11-8-10(16)6-7-12(11)17)9-20-15-5-3-2-4-13(15)18/h2-8,14,19H,9H2,1H3. The molecule has 0 aliphatic heterocycles. The highest BCUT2D eigenvalue weighted by molar-refractivity contribution is 7.99. The van der Waals surface area contributed by atoms with Crippen LogP contribution >= 0.6 is 35.0 Å². The largest absolute Gasteiger partial charge is 0.312 e. The van der Waals surface area contributed by atoms with Gasteiger partial charge in [0.25, 0.3) is 0 Å². The van der Waals surface area contributed by atoms with Gasteiger partial charge in [-0.25, -0.2) is 4.39 Å². The van der Waals surface area contributed by atoms with Crippen LogP contribution in [0.5, 0.6) is 0 Å². The molecule has 0 saturated carbocycles. The number of halogens is 3. The average Bonchev–Trinajstić information content (AvgIpc) is 2.45. The number of thioether (sulfide) groups is 1. The minimum absolute atomic E-state index is 0.00538. The lowest BCUT2D eigenvalue weighted by molar-refractivity contribution is 0.601. The summed E-state index contributed by atoms with van der Waals surface area (Å²) in [5, 5.41) is 4.48. The number of nitrogens with one attached hydrogen (secondary N) is 1. The van der Waals surface area contributed by atoms with Gasteiger partial charge in [0.1, 0.15) is 5.82 Å². The van der Waals surface area contributed by atoms with Gasteiger partial charge in [-0.3, -0.25) is 0 Å². The van der Waals surface area contributed by atoms with E-state index in [1.807, 2.05) is 19.2 Å². The van der Waals surface area contributed by atoms with E-state index in [2.05, 4.69) is 5.32 Å². The molecule has 2 aromatic rings. The maximum atomic E-state index is 13.6. The van der Waals surface area contributed by atoms with Crippen molar-refractivity contribution < 1.29 is 4.39 Å². The van der Waals surface area contributed by atoms with Gasteiger partial charge in [-0.2, -0.15) is 0 Å². The molecule has 1 N–H and O–H groups in total. The minimum Gasteiger partial charge on any atom is -0.312 e. The van der Waals surface area contributed by atoms with Crippen LogP contribution in [0.1, 0.15) is 11.6 Å². The zero-order chi connectivity index (χ0) is 14.5. The smallest absolute Gasteiger partial charge is 0.136 e. The highest BCUT2D eigenvalue weighted by Gasteiger charge is 2.14. The molecule has 0 amide bonds. The Labute approximate surface area is 132 Å². The molecule has 0 spiro atoms. The lowest BCUT2D eigenvalue weighted by Gasteiger charge is -2.18. The molecule has 106 valence electrons. The van der Waals surface area contributed by atoms with Gasteiger partial charge < -0.3 is 5.32 Å². The second kappa shape index (κ2) is 7.32. The van der Waals surface area contributed by atoms with E-state index in [4.69, 9.17) is 23.2 Å². The van der Waals surface area contributed by atoms with Crippen molar-refractivity contribution in [3.8, 4) is 0 Å². The molecule has 0 saturated heterocycles. The summed E-state index contributed by atoms with van der Waals surface area (Å²) in [6.45, 7) is 0. The van der Waals surface area contributed by atoms with Crippen molar-refractivity contribution in [2.45, 2.75) is 10.9 Å². The van der Waals surface area contributed by atoms with E-state index in [1.54, 1.807) is 24.3 Å². The van der Waals surface area contributed by atoms with E-state index in [9.17, 15) is 4.39 Å². The first-order valence-corrected chi connectivity index (χ1v) is 7.85. The summed E-state index contributed by atoms with van der Waals surface area (Å²) in [7, 11) is 1.85. The van der Waals surface area contributed by atoms with E-state index in [0.717, 1.165) is 5.56 Å². The highest BCUT2D eigenvalue weighted by atomic mass is 35.5. The third-order valence-corrected chi connectivity index (χ3v) is 4.65. The van der Waals surface area contributed by atoms with Crippen molar-refractivity contribution >= 4 is 35.0 Å². The van der Waals surface area contributed by atoms with E-state index in [0.29, 0.717) is 20.7 Å². The van der Waals surface area contributed by atoms with Crippen LogP contribution in [0.15, 0.2) is 47.4 Å². The normalized spacial score (nSPS) is 12.4. The molecule has 0 aliphatic rings. The van der Waals surface area contributed by atoms with Crippen molar-refractivity contribution in [1.82, 2.24) is 5.32 Å². The molecular formula is C15H14Cl2FNS. The van der Waals surface area contributed by atoms with Crippen LogP contribution in [0.4, 0.5) is 4.39 Å². The van der Waals surface area contributed by atoms with Crippen molar-refractivity contribution in [2.24, 2.45) is 0 Å². The lowest BCUT2D eigenvalue weighted by Crippen LogP contribution is -2.19. The lowest BCUT2D eigenvalue weighted by atomic mass is 10.1. The Bertz CT molecular complexity index is 592. The second-order valence-corrected chi connectivity index (χ2v) is 6.15. The topological polar surface area (TPSA) is 12.0 Å². The van der Waals surface area contributed by atoms with Crippen LogP contribution in [0, 0.1) is 5.82 Å². The third kappa shape index (κ3) is 3.89. The molecule has 20 heavy (non-hydrogen) atoms. The minimum atomic E-state index is -0.204. The van der Waals surface area contributed by atoms with E-state index in [-0.39, 0.29) is 11.9 Å². The first-order chi connectivity index (χ1) is 9.61. The van der Waals surface area contributed by atoms with Crippen LogP contribution in [-0.2, 0) is 0 Å². The Morgan fingerprint density at radius 3 is 2.65 bits per heavy atom. The molecule has 1 atom stereocenters. The molecule has 0 bridgehead atoms. The van der Waals surface area contributed by atoms with Crippen molar-refractivity contribution in [1.29, 1.82) is 0 Å². The maximum absolute atomic E-state index is 13.6. The maximum Gasteiger partial charge on any atom is 0.136 e. The molecule has 0 heterocycles. The van der Waals surface area contributed by atoms with Gasteiger partial charge in [0.2, 0.25) is 0 Å². The predicted molar refractivity (Wildman–Crippen MR) is 85.4 cm³/mol. The van der Waals surface area contributed by atoms with Crippen LogP contribution in [0.3, 0.4) is 0 Å². The molecule has 1 nitrogen and oxygen atoms in total. The quantitative estimate of drug-likeness (QED) is 0.758. The van der Waals surface area contributed by atoms with Gasteiger partial charge in [-0.15, -0.1) is 11.8 Å². The van der Waals surface area contributed by atoms with Gasteiger partial charge in [0.15, 0.2) is 0 Å². The van der Waals surface area contributed by atoms with Crippen LogP contribution in [0.2, 0.25) is 10.0 Å². The van der Waals surface area contributed by atoms with Gasteiger partial charge in [0, 0.05) is 26.7 Å². The summed E-state index contributed by atoms with van der Waals surface area (Å²) < 4.78 is 13.6. The SMILES string of the molecule is CNC(CSc1ccccc1F)c1cc(Cl)ccc1Cl. The van der Waals surface area contributed by atoms with E-state index in [1.165, 1.54) is 17.8 Å². The number of benzene rings is 2. The Morgan fingerprint density at radius 2 is 1.95 bits per heavy atom. The molecule has 0 radical (unpaired) electrons. The van der Waals surface area contributed by atoms with Crippen LogP contribution in [-0.4, -0.2) is 12.8 Å². The van der Waals surface area contributed by atoms with Crippen LogP contribution in [0.25, 0.3) is 0 Å². The van der Waals surface area contributed by atoms with E-state index < -0.39 is 0 Å². The molecule has 2 rings (SSSR count). The third-order valence-electron chi connectivity index (χ3n) is 2.92. The molecule has 0 aromatic heterocycles. The fraction of sp³-hybridized carbons (Fsp3) is 0.200. The summed E-state index contributed by atoms with van der Waals surface area (Å²) in [6, 6.07) is 12.1. The fourth-order valence-corrected chi connectivity index (χ4v) is 3.35. The molecule has 0 fully saturated rings. The highest BCUT2D eigenvalue weighted by Crippen LogP contribution is 2.31. The Balaban J connectivity index is 2.13. The summed E-state index contributed by atoms with van der Waals surface area (Å²) in [4.78, 5) is 0.630. The number of rotatable bonds is 5. The summed E-state index contributed by atoms with van der Waals surface area (Å²) in [5.41, 5.74) is 0.922. The first-order valence-electron chi connectivity index (χ1n) is 6.11. The molecule has 1 unspecified atom stereocenters. The van der Waals surface area contributed by atoms with Gasteiger partial charge in [0.05, 0.1) is 0 Å². The Hall–Kier alpha value is -0.740. The van der Waals surface area contributed by atoms with Gasteiger partial charge in [-0.1, -0.05) is 35.3 Å². The van der Waals surface area contributed by atoms with Crippen molar-refractivity contribution in [2.75, 3.05) is 12.8 Å². The predicted octanol–water partition coefficient (Wildman–Crippen LogP) is 5.19. The first kappa shape index (κ1) is 15.6. The molecule has 0 aliphatic carbocycles. The fourth-order valence-electron chi connectivity index (χ4n) is 1.85. The summed E-state index contributed by atoms with van der Waals surface area (Å²) in [5.74, 6) is 0.460. The average molecular weight is 330 g/mol. The zero-order valence-electron chi connectivity index (χ0n) is 10.9. The monoisotopic (exact) mass is 329 g/mol. The summed E-state index contributed by atoms with van der Waals surface area (Å²) in [6.07, 6.45) is 0. The number of hydrogen-bond donors (Lipinski definition) is 1. The van der Waals surface area contributed by atoms with Crippen LogP contribution < -0.4 is 5.32 Å². The van der Waals surface area contributed by atoms with E-state index >= 15 is 0 Å². The van der Waals surface area contributed by atoms with Crippen molar-refractivity contribution in [3.05, 3.63) is 63.9 Å². The Kier molecular flexibility index (Phi) is 5.73. The zero-order valence-corrected chi connectivity index (χ0v) is 13.2. The van der Waals surface area contributed by atoms with Gasteiger partial charge in [-0.05, 0) is 42.9 Å².